The fraction of sp³-hybridized carbons (Fsp3) is 0.714. The molecule has 1 aromatic heterocycles. The number of hydrogen-bond donors (Lipinski definition) is 1. The van der Waals surface area contributed by atoms with Crippen molar-refractivity contribution in [2.45, 2.75) is 58.5 Å². The van der Waals surface area contributed by atoms with E-state index in [1.54, 1.807) is 6.20 Å². The number of halogens is 1. The van der Waals surface area contributed by atoms with Crippen LogP contribution < -0.4 is 10.9 Å². The van der Waals surface area contributed by atoms with Gasteiger partial charge in [0.2, 0.25) is 0 Å². The highest BCUT2D eigenvalue weighted by Crippen LogP contribution is 2.28. The Hall–Kier alpha value is -1.03. The molecule has 0 saturated heterocycles. The zero-order valence-corrected chi connectivity index (χ0v) is 12.4. The molecule has 1 fully saturated rings. The monoisotopic (exact) mass is 283 g/mol. The summed E-state index contributed by atoms with van der Waals surface area (Å²) in [4.78, 5) is 12.1. The Morgan fingerprint density at radius 3 is 2.95 bits per heavy atom. The van der Waals surface area contributed by atoms with E-state index < -0.39 is 0 Å². The van der Waals surface area contributed by atoms with Gasteiger partial charge in [0.25, 0.3) is 5.56 Å². The molecule has 1 aliphatic carbocycles. The Labute approximate surface area is 119 Å². The van der Waals surface area contributed by atoms with Gasteiger partial charge in [0, 0.05) is 12.6 Å². The largest absolute Gasteiger partial charge is 0.380 e. The van der Waals surface area contributed by atoms with Crippen molar-refractivity contribution in [1.82, 2.24) is 9.78 Å². The zero-order chi connectivity index (χ0) is 13.8. The van der Waals surface area contributed by atoms with E-state index in [2.05, 4.69) is 24.3 Å². The summed E-state index contributed by atoms with van der Waals surface area (Å²) in [6.45, 7) is 4.98. The lowest BCUT2D eigenvalue weighted by Gasteiger charge is -2.15. The lowest BCUT2D eigenvalue weighted by atomic mass is 10.1. The van der Waals surface area contributed by atoms with E-state index in [1.807, 2.05) is 0 Å². The number of aryl methyl sites for hydroxylation is 1. The first-order chi connectivity index (χ1) is 9.11. The van der Waals surface area contributed by atoms with Gasteiger partial charge >= 0.3 is 0 Å². The normalized spacial score (nSPS) is 22.7. The molecule has 19 heavy (non-hydrogen) atoms. The van der Waals surface area contributed by atoms with Crippen molar-refractivity contribution in [2.24, 2.45) is 5.92 Å². The molecule has 1 heterocycles. The number of unbranched alkanes of at least 4 members (excludes halogenated alkanes) is 1. The van der Waals surface area contributed by atoms with Crippen LogP contribution in [0.3, 0.4) is 0 Å². The van der Waals surface area contributed by atoms with Gasteiger partial charge in [-0.3, -0.25) is 4.79 Å². The molecule has 0 aromatic carbocycles. The van der Waals surface area contributed by atoms with Crippen molar-refractivity contribution in [3.63, 3.8) is 0 Å². The van der Waals surface area contributed by atoms with Crippen molar-refractivity contribution < 1.29 is 0 Å². The molecule has 2 unspecified atom stereocenters. The lowest BCUT2D eigenvalue weighted by molar-refractivity contribution is 0.542. The third-order valence-electron chi connectivity index (χ3n) is 3.76. The first-order valence-corrected chi connectivity index (χ1v) is 7.51. The van der Waals surface area contributed by atoms with Crippen molar-refractivity contribution in [3.8, 4) is 0 Å². The van der Waals surface area contributed by atoms with Crippen LogP contribution in [0.25, 0.3) is 0 Å². The van der Waals surface area contributed by atoms with Crippen LogP contribution in [0, 0.1) is 5.92 Å². The van der Waals surface area contributed by atoms with Crippen molar-refractivity contribution >= 4 is 17.3 Å². The summed E-state index contributed by atoms with van der Waals surface area (Å²) in [5.41, 5.74) is 0.490. The molecule has 5 heteroatoms. The topological polar surface area (TPSA) is 46.9 Å². The molecular formula is C14H22ClN3O. The highest BCUT2D eigenvalue weighted by atomic mass is 35.5. The maximum absolute atomic E-state index is 12.1. The number of aromatic nitrogens is 2. The first kappa shape index (κ1) is 14.4. The van der Waals surface area contributed by atoms with E-state index in [9.17, 15) is 4.79 Å². The predicted molar refractivity (Wildman–Crippen MR) is 78.8 cm³/mol. The first-order valence-electron chi connectivity index (χ1n) is 7.14. The van der Waals surface area contributed by atoms with Gasteiger partial charge in [-0.15, -0.1) is 0 Å². The molecule has 0 radical (unpaired) electrons. The highest BCUT2D eigenvalue weighted by molar-refractivity contribution is 6.32. The average molecular weight is 284 g/mol. The molecule has 0 amide bonds. The predicted octanol–water partition coefficient (Wildman–Crippen LogP) is 3.30. The van der Waals surface area contributed by atoms with Crippen LogP contribution >= 0.6 is 11.6 Å². The van der Waals surface area contributed by atoms with Gasteiger partial charge in [0.15, 0.2) is 0 Å². The van der Waals surface area contributed by atoms with E-state index in [-0.39, 0.29) is 10.6 Å². The van der Waals surface area contributed by atoms with Crippen LogP contribution in [-0.2, 0) is 6.54 Å². The molecule has 4 nitrogen and oxygen atoms in total. The van der Waals surface area contributed by atoms with E-state index in [0.29, 0.717) is 18.3 Å². The molecule has 1 aromatic rings. The SMILES string of the molecule is CCCCn1ncc(NC2CCC(C)C2)c(Cl)c1=O. The third-order valence-corrected chi connectivity index (χ3v) is 4.13. The summed E-state index contributed by atoms with van der Waals surface area (Å²) in [6, 6.07) is 0.417. The van der Waals surface area contributed by atoms with Crippen LogP contribution in [0.1, 0.15) is 46.0 Å². The molecule has 1 N–H and O–H groups in total. The van der Waals surface area contributed by atoms with Crippen LogP contribution in [0.2, 0.25) is 5.02 Å². The fourth-order valence-electron chi connectivity index (χ4n) is 2.59. The van der Waals surface area contributed by atoms with E-state index in [0.717, 1.165) is 31.6 Å². The summed E-state index contributed by atoms with van der Waals surface area (Å²) in [7, 11) is 0. The van der Waals surface area contributed by atoms with E-state index in [4.69, 9.17) is 11.6 Å². The van der Waals surface area contributed by atoms with Crippen LogP contribution in [0.15, 0.2) is 11.0 Å². The highest BCUT2D eigenvalue weighted by Gasteiger charge is 2.22. The minimum atomic E-state index is -0.189. The standard InChI is InChI=1S/C14H22ClN3O/c1-3-4-7-18-14(19)13(15)12(9-16-18)17-11-6-5-10(2)8-11/h9-11,17H,3-8H2,1-2H3. The smallest absolute Gasteiger partial charge is 0.287 e. The Morgan fingerprint density at radius 1 is 1.53 bits per heavy atom. The molecule has 2 atom stereocenters. The maximum atomic E-state index is 12.1. The van der Waals surface area contributed by atoms with Gasteiger partial charge < -0.3 is 5.32 Å². The van der Waals surface area contributed by atoms with Crippen LogP contribution in [-0.4, -0.2) is 15.8 Å². The fourth-order valence-corrected chi connectivity index (χ4v) is 2.79. The Morgan fingerprint density at radius 2 is 2.32 bits per heavy atom. The van der Waals surface area contributed by atoms with Crippen LogP contribution in [0.4, 0.5) is 5.69 Å². The van der Waals surface area contributed by atoms with Gasteiger partial charge in [-0.1, -0.05) is 31.9 Å². The number of nitrogens with zero attached hydrogens (tertiary/aromatic N) is 2. The zero-order valence-electron chi connectivity index (χ0n) is 11.7. The minimum absolute atomic E-state index is 0.189. The summed E-state index contributed by atoms with van der Waals surface area (Å²) in [5.74, 6) is 0.745. The van der Waals surface area contributed by atoms with Gasteiger partial charge in [0.05, 0.1) is 11.9 Å². The van der Waals surface area contributed by atoms with Gasteiger partial charge in [-0.05, 0) is 31.6 Å². The lowest BCUT2D eigenvalue weighted by Crippen LogP contribution is -2.26. The molecule has 0 bridgehead atoms. The molecule has 0 aliphatic heterocycles. The number of anilines is 1. The second-order valence-electron chi connectivity index (χ2n) is 5.51. The number of rotatable bonds is 5. The summed E-state index contributed by atoms with van der Waals surface area (Å²) >= 11 is 6.16. The maximum Gasteiger partial charge on any atom is 0.287 e. The van der Waals surface area contributed by atoms with Crippen LogP contribution in [0.5, 0.6) is 0 Å². The summed E-state index contributed by atoms with van der Waals surface area (Å²) in [5, 5.41) is 7.82. The summed E-state index contributed by atoms with van der Waals surface area (Å²) < 4.78 is 1.45. The van der Waals surface area contributed by atoms with Gasteiger partial charge in [-0.25, -0.2) is 4.68 Å². The minimum Gasteiger partial charge on any atom is -0.380 e. The molecule has 1 aliphatic rings. The third kappa shape index (κ3) is 3.50. The second-order valence-corrected chi connectivity index (χ2v) is 5.89. The Balaban J connectivity index is 2.10. The second kappa shape index (κ2) is 6.42. The quantitative estimate of drug-likeness (QED) is 0.902. The van der Waals surface area contributed by atoms with Crippen molar-refractivity contribution in [3.05, 3.63) is 21.6 Å². The van der Waals surface area contributed by atoms with Gasteiger partial charge in [-0.2, -0.15) is 5.10 Å². The molecule has 1 saturated carbocycles. The summed E-state index contributed by atoms with van der Waals surface area (Å²) in [6.07, 6.45) is 7.16. The van der Waals surface area contributed by atoms with Crippen molar-refractivity contribution in [1.29, 1.82) is 0 Å². The average Bonchev–Trinajstić information content (AvgIpc) is 2.80. The molecule has 2 rings (SSSR count). The number of nitrogens with one attached hydrogen (secondary N) is 1. The Bertz CT molecular complexity index is 486. The molecule has 106 valence electrons. The van der Waals surface area contributed by atoms with E-state index in [1.165, 1.54) is 11.1 Å². The van der Waals surface area contributed by atoms with Crippen molar-refractivity contribution in [2.75, 3.05) is 5.32 Å². The van der Waals surface area contributed by atoms with E-state index >= 15 is 0 Å². The Kier molecular flexibility index (Phi) is 4.86. The number of hydrogen-bond acceptors (Lipinski definition) is 3. The molecular weight excluding hydrogens is 262 g/mol. The van der Waals surface area contributed by atoms with Gasteiger partial charge in [0.1, 0.15) is 5.02 Å². The molecule has 0 spiro atoms.